The fraction of sp³-hybridized carbons (Fsp3) is 0.189. The molecule has 5 aromatic rings. The Morgan fingerprint density at radius 1 is 0.863 bits per heavy atom. The number of hydrazine groups is 1. The number of carbonyl (C=O) groups is 2. The molecule has 8 rings (SSSR count). The molecule has 0 radical (unpaired) electrons. The van der Waals surface area contributed by atoms with Crippen LogP contribution in [-0.4, -0.2) is 43.0 Å². The quantitative estimate of drug-likeness (QED) is 0.159. The summed E-state index contributed by atoms with van der Waals surface area (Å²) in [5, 5.41) is 13.3. The SMILES string of the molecule is COc1ccc(C23C(=O)N(Nc4ccc(Cl)cc4Cl)C(=O)C2CC2C(=CCn4c(=O)n(-c5ccccc5)c(=O)n42)C3c2cc(Cl)ccc2O)cc1. The monoisotopic (exact) mass is 743 g/mol. The number of aromatic nitrogens is 3. The van der Waals surface area contributed by atoms with E-state index >= 15 is 4.79 Å². The number of rotatable bonds is 6. The third-order valence-electron chi connectivity index (χ3n) is 10.2. The van der Waals surface area contributed by atoms with E-state index in [0.717, 1.165) is 9.58 Å². The number of ether oxygens (including phenoxy) is 1. The number of aromatic hydroxyl groups is 1. The van der Waals surface area contributed by atoms with Crippen molar-refractivity contribution < 1.29 is 19.4 Å². The molecule has 2 fully saturated rings. The molecule has 3 aliphatic rings. The van der Waals surface area contributed by atoms with E-state index in [-0.39, 0.29) is 40.0 Å². The first-order valence-corrected chi connectivity index (χ1v) is 17.1. The van der Waals surface area contributed by atoms with Crippen molar-refractivity contribution >= 4 is 52.3 Å². The zero-order valence-corrected chi connectivity index (χ0v) is 29.1. The third kappa shape index (κ3) is 4.86. The van der Waals surface area contributed by atoms with E-state index in [9.17, 15) is 19.5 Å². The van der Waals surface area contributed by atoms with Crippen molar-refractivity contribution in [3.05, 3.63) is 150 Å². The standard InChI is InChI=1S/C37H28Cl3N5O6/c1-51-24-11-7-20(8-12-24)37-27(33(47)44(34(37)48)41-29-13-9-22(39)18-28(29)40)19-30-25(32(37)26-17-21(38)10-14-31(26)46)15-16-42-35(49)43(36(50)45(30)42)23-5-3-2-4-6-23/h2-15,17-18,27,30,32,41,46H,16,19H2,1H3. The first-order chi connectivity index (χ1) is 24.6. The lowest BCUT2D eigenvalue weighted by Crippen LogP contribution is -2.53. The molecule has 0 spiro atoms. The minimum atomic E-state index is -1.67. The highest BCUT2D eigenvalue weighted by Gasteiger charge is 2.69. The van der Waals surface area contributed by atoms with Crippen LogP contribution in [0, 0.1) is 5.92 Å². The van der Waals surface area contributed by atoms with Gasteiger partial charge in [0.05, 0.1) is 47.4 Å². The Hall–Kier alpha value is -5.23. The van der Waals surface area contributed by atoms with Gasteiger partial charge in [-0.15, -0.1) is 0 Å². The number of methoxy groups -OCH3 is 1. The second-order valence-corrected chi connectivity index (χ2v) is 13.9. The van der Waals surface area contributed by atoms with Crippen LogP contribution in [0.2, 0.25) is 15.1 Å². The zero-order chi connectivity index (χ0) is 35.8. The predicted molar refractivity (Wildman–Crippen MR) is 192 cm³/mol. The number of benzene rings is 4. The van der Waals surface area contributed by atoms with Gasteiger partial charge in [0.2, 0.25) is 0 Å². The molecule has 1 aromatic heterocycles. The van der Waals surface area contributed by atoms with Gasteiger partial charge in [-0.3, -0.25) is 15.0 Å². The number of halogens is 3. The number of hydrogen-bond acceptors (Lipinski definition) is 7. The Labute approximate surface area is 305 Å². The Morgan fingerprint density at radius 3 is 2.27 bits per heavy atom. The third-order valence-corrected chi connectivity index (χ3v) is 10.9. The highest BCUT2D eigenvalue weighted by atomic mass is 35.5. The second-order valence-electron chi connectivity index (χ2n) is 12.6. The summed E-state index contributed by atoms with van der Waals surface area (Å²) < 4.78 is 9.22. The number of amides is 2. The lowest BCUT2D eigenvalue weighted by molar-refractivity contribution is -0.138. The van der Waals surface area contributed by atoms with Gasteiger partial charge in [-0.2, -0.15) is 5.01 Å². The number of allylic oxidation sites excluding steroid dienone is 2. The van der Waals surface area contributed by atoms with Gasteiger partial charge in [0.1, 0.15) is 11.5 Å². The molecule has 51 heavy (non-hydrogen) atoms. The predicted octanol–water partition coefficient (Wildman–Crippen LogP) is 6.09. The van der Waals surface area contributed by atoms with Gasteiger partial charge in [0.15, 0.2) is 0 Å². The first-order valence-electron chi connectivity index (χ1n) is 16.0. The van der Waals surface area contributed by atoms with Gasteiger partial charge < -0.3 is 9.84 Å². The maximum atomic E-state index is 15.3. The van der Waals surface area contributed by atoms with Crippen molar-refractivity contribution in [2.45, 2.75) is 30.3 Å². The van der Waals surface area contributed by atoms with E-state index in [0.29, 0.717) is 27.6 Å². The fourth-order valence-corrected chi connectivity index (χ4v) is 8.64. The summed E-state index contributed by atoms with van der Waals surface area (Å²) in [6.07, 6.45) is 1.77. The number of nitrogens with one attached hydrogen (secondary N) is 1. The molecule has 0 bridgehead atoms. The van der Waals surface area contributed by atoms with Gasteiger partial charge in [0.25, 0.3) is 11.8 Å². The van der Waals surface area contributed by atoms with Crippen LogP contribution in [0.25, 0.3) is 5.69 Å². The van der Waals surface area contributed by atoms with E-state index in [1.54, 1.807) is 78.9 Å². The molecule has 1 saturated carbocycles. The van der Waals surface area contributed by atoms with E-state index in [1.165, 1.54) is 34.7 Å². The number of anilines is 1. The molecule has 258 valence electrons. The van der Waals surface area contributed by atoms with Crippen molar-refractivity contribution in [3.8, 4) is 17.2 Å². The van der Waals surface area contributed by atoms with Crippen LogP contribution in [0.15, 0.2) is 112 Å². The molecular weight excluding hydrogens is 717 g/mol. The van der Waals surface area contributed by atoms with Crippen LogP contribution < -0.4 is 21.5 Å². The van der Waals surface area contributed by atoms with E-state index in [2.05, 4.69) is 5.43 Å². The first kappa shape index (κ1) is 32.9. The molecule has 1 saturated heterocycles. The molecule has 14 heteroatoms. The number of nitrogens with zero attached hydrogens (tertiary/aromatic N) is 4. The number of phenolic OH excluding ortho intramolecular Hbond substituents is 1. The van der Waals surface area contributed by atoms with Gasteiger partial charge in [-0.05, 0) is 78.2 Å². The number of imide groups is 1. The number of fused-ring (bicyclic) bond motifs is 4. The van der Waals surface area contributed by atoms with Crippen molar-refractivity contribution in [2.24, 2.45) is 5.92 Å². The molecule has 4 atom stereocenters. The lowest BCUT2D eigenvalue weighted by atomic mass is 9.53. The zero-order valence-electron chi connectivity index (χ0n) is 26.8. The molecular formula is C37H28Cl3N5O6. The minimum absolute atomic E-state index is 0.00852. The second kappa shape index (κ2) is 12.2. The Bertz CT molecular complexity index is 2400. The van der Waals surface area contributed by atoms with Crippen molar-refractivity contribution in [2.75, 3.05) is 12.5 Å². The molecule has 1 aliphatic carbocycles. The molecule has 3 heterocycles. The van der Waals surface area contributed by atoms with Gasteiger partial charge >= 0.3 is 11.4 Å². The van der Waals surface area contributed by atoms with Crippen LogP contribution in [0.4, 0.5) is 5.69 Å². The maximum absolute atomic E-state index is 15.3. The average Bonchev–Trinajstić information content (AvgIpc) is 3.51. The molecule has 4 aromatic carbocycles. The maximum Gasteiger partial charge on any atom is 0.352 e. The lowest BCUT2D eigenvalue weighted by Gasteiger charge is -2.49. The Kier molecular flexibility index (Phi) is 7.90. The summed E-state index contributed by atoms with van der Waals surface area (Å²) in [5.41, 5.74) is 2.07. The van der Waals surface area contributed by atoms with Crippen LogP contribution in [0.5, 0.6) is 11.5 Å². The summed E-state index contributed by atoms with van der Waals surface area (Å²) in [5.74, 6) is -3.00. The highest BCUT2D eigenvalue weighted by molar-refractivity contribution is 6.36. The summed E-state index contributed by atoms with van der Waals surface area (Å²) in [7, 11) is 1.52. The summed E-state index contributed by atoms with van der Waals surface area (Å²) in [4.78, 5) is 58.2. The topological polar surface area (TPSA) is 128 Å². The van der Waals surface area contributed by atoms with Gasteiger partial charge in [0, 0.05) is 21.5 Å². The summed E-state index contributed by atoms with van der Waals surface area (Å²) in [6, 6.07) is 23.7. The Morgan fingerprint density at radius 2 is 1.57 bits per heavy atom. The van der Waals surface area contributed by atoms with Gasteiger partial charge in [-0.25, -0.2) is 23.5 Å². The van der Waals surface area contributed by atoms with Crippen molar-refractivity contribution in [1.29, 1.82) is 0 Å². The number of para-hydroxylation sites is 1. The van der Waals surface area contributed by atoms with E-state index < -0.39 is 46.5 Å². The average molecular weight is 745 g/mol. The molecule has 2 aliphatic heterocycles. The number of hydrogen-bond donors (Lipinski definition) is 2. The smallest absolute Gasteiger partial charge is 0.352 e. The van der Waals surface area contributed by atoms with E-state index in [1.807, 2.05) is 0 Å². The van der Waals surface area contributed by atoms with Crippen molar-refractivity contribution in [1.82, 2.24) is 18.9 Å². The summed E-state index contributed by atoms with van der Waals surface area (Å²) in [6.45, 7) is -0.00852. The number of phenols is 1. The highest BCUT2D eigenvalue weighted by Crippen LogP contribution is 2.63. The molecule has 4 unspecified atom stereocenters. The largest absolute Gasteiger partial charge is 0.508 e. The summed E-state index contributed by atoms with van der Waals surface area (Å²) >= 11 is 19.2. The normalized spacial score (nSPS) is 22.2. The van der Waals surface area contributed by atoms with E-state index in [4.69, 9.17) is 39.5 Å². The van der Waals surface area contributed by atoms with Crippen LogP contribution in [0.1, 0.15) is 29.5 Å². The van der Waals surface area contributed by atoms with Crippen LogP contribution in [-0.2, 0) is 21.5 Å². The van der Waals surface area contributed by atoms with Crippen LogP contribution >= 0.6 is 34.8 Å². The molecule has 2 N–H and O–H groups in total. The molecule has 2 amide bonds. The fourth-order valence-electron chi connectivity index (χ4n) is 8.00. The number of carbonyl (C=O) groups excluding carboxylic acids is 2. The van der Waals surface area contributed by atoms with Crippen molar-refractivity contribution in [3.63, 3.8) is 0 Å². The van der Waals surface area contributed by atoms with Gasteiger partial charge in [-0.1, -0.05) is 71.2 Å². The minimum Gasteiger partial charge on any atom is -0.508 e. The molecule has 11 nitrogen and oxygen atoms in total. The van der Waals surface area contributed by atoms with Crippen LogP contribution in [0.3, 0.4) is 0 Å². The Balaban J connectivity index is 1.40.